The van der Waals surface area contributed by atoms with E-state index in [9.17, 15) is 8.42 Å². The van der Waals surface area contributed by atoms with E-state index in [-0.39, 0.29) is 21.1 Å². The maximum absolute atomic E-state index is 12.0. The van der Waals surface area contributed by atoms with Gasteiger partial charge >= 0.3 is 0 Å². The number of aromatic nitrogens is 1. The molecule has 1 N–H and O–H groups in total. The predicted octanol–water partition coefficient (Wildman–Crippen LogP) is 2.81. The average Bonchev–Trinajstić information content (AvgIpc) is 2.29. The van der Waals surface area contributed by atoms with Gasteiger partial charge in [0.1, 0.15) is 10.0 Å². The van der Waals surface area contributed by atoms with Gasteiger partial charge < -0.3 is 0 Å². The van der Waals surface area contributed by atoms with Crippen molar-refractivity contribution in [1.82, 2.24) is 9.71 Å². The SMILES string of the molecule is CCSCC(C)NS(=O)(=O)c1cnc(Cl)c(Cl)c1. The number of halogens is 2. The zero-order valence-electron chi connectivity index (χ0n) is 9.98. The third kappa shape index (κ3) is 4.59. The number of rotatable bonds is 6. The maximum Gasteiger partial charge on any atom is 0.242 e. The number of nitrogens with zero attached hydrogens (tertiary/aromatic N) is 1. The van der Waals surface area contributed by atoms with Gasteiger partial charge in [0.2, 0.25) is 10.0 Å². The second-order valence-electron chi connectivity index (χ2n) is 3.63. The molecule has 18 heavy (non-hydrogen) atoms. The van der Waals surface area contributed by atoms with Gasteiger partial charge in [-0.15, -0.1) is 0 Å². The summed E-state index contributed by atoms with van der Waals surface area (Å²) in [7, 11) is -3.60. The Balaban J connectivity index is 2.83. The lowest BCUT2D eigenvalue weighted by Crippen LogP contribution is -2.34. The highest BCUT2D eigenvalue weighted by Crippen LogP contribution is 2.22. The van der Waals surface area contributed by atoms with Crippen LogP contribution in [0.3, 0.4) is 0 Å². The zero-order chi connectivity index (χ0) is 13.8. The summed E-state index contributed by atoms with van der Waals surface area (Å²) in [6, 6.07) is 1.13. The molecular weight excluding hydrogens is 315 g/mol. The first-order valence-corrected chi connectivity index (χ1v) is 8.67. The van der Waals surface area contributed by atoms with Crippen molar-refractivity contribution in [2.75, 3.05) is 11.5 Å². The number of hydrogen-bond acceptors (Lipinski definition) is 4. The van der Waals surface area contributed by atoms with Crippen LogP contribution in [0.4, 0.5) is 0 Å². The van der Waals surface area contributed by atoms with E-state index in [1.165, 1.54) is 12.3 Å². The molecule has 0 aliphatic rings. The van der Waals surface area contributed by atoms with Crippen molar-refractivity contribution in [2.24, 2.45) is 0 Å². The molecule has 0 saturated carbocycles. The van der Waals surface area contributed by atoms with E-state index >= 15 is 0 Å². The van der Waals surface area contributed by atoms with Crippen LogP contribution in [-0.4, -0.2) is 30.9 Å². The first-order chi connectivity index (χ1) is 8.36. The summed E-state index contributed by atoms with van der Waals surface area (Å²) < 4.78 is 26.6. The van der Waals surface area contributed by atoms with Crippen molar-refractivity contribution in [3.8, 4) is 0 Å². The molecule has 0 spiro atoms. The molecule has 0 radical (unpaired) electrons. The Morgan fingerprint density at radius 1 is 1.50 bits per heavy atom. The van der Waals surface area contributed by atoms with Crippen LogP contribution in [0.1, 0.15) is 13.8 Å². The third-order valence-electron chi connectivity index (χ3n) is 2.01. The van der Waals surface area contributed by atoms with E-state index in [4.69, 9.17) is 23.2 Å². The fourth-order valence-electron chi connectivity index (χ4n) is 1.21. The van der Waals surface area contributed by atoms with Crippen molar-refractivity contribution in [3.05, 3.63) is 22.4 Å². The van der Waals surface area contributed by atoms with E-state index in [0.717, 1.165) is 5.75 Å². The predicted molar refractivity (Wildman–Crippen MR) is 77.0 cm³/mol. The Morgan fingerprint density at radius 2 is 2.17 bits per heavy atom. The monoisotopic (exact) mass is 328 g/mol. The van der Waals surface area contributed by atoms with E-state index < -0.39 is 10.0 Å². The summed E-state index contributed by atoms with van der Waals surface area (Å²) in [6.07, 6.45) is 1.19. The summed E-state index contributed by atoms with van der Waals surface area (Å²) >= 11 is 13.1. The van der Waals surface area contributed by atoms with Gasteiger partial charge in [-0.2, -0.15) is 11.8 Å². The molecule has 1 atom stereocenters. The molecule has 0 aliphatic heterocycles. The lowest BCUT2D eigenvalue weighted by Gasteiger charge is -2.13. The second-order valence-corrected chi connectivity index (χ2v) is 7.42. The molecule has 0 fully saturated rings. The van der Waals surface area contributed by atoms with Crippen LogP contribution in [0, 0.1) is 0 Å². The van der Waals surface area contributed by atoms with Gasteiger partial charge in [-0.25, -0.2) is 18.1 Å². The van der Waals surface area contributed by atoms with E-state index in [0.29, 0.717) is 5.75 Å². The minimum atomic E-state index is -3.60. The Labute approximate surface area is 122 Å². The molecule has 1 rings (SSSR count). The molecule has 8 heteroatoms. The summed E-state index contributed by atoms with van der Waals surface area (Å²) in [5, 5.41) is 0.209. The highest BCUT2D eigenvalue weighted by atomic mass is 35.5. The molecule has 0 aromatic carbocycles. The summed E-state index contributed by atoms with van der Waals surface area (Å²) in [6.45, 7) is 3.83. The van der Waals surface area contributed by atoms with Crippen molar-refractivity contribution >= 4 is 45.0 Å². The van der Waals surface area contributed by atoms with E-state index in [1.54, 1.807) is 11.8 Å². The molecule has 1 aromatic heterocycles. The highest BCUT2D eigenvalue weighted by Gasteiger charge is 2.18. The first-order valence-electron chi connectivity index (χ1n) is 5.28. The number of pyridine rings is 1. The maximum atomic E-state index is 12.0. The Bertz CT molecular complexity index is 509. The normalized spacial score (nSPS) is 13.6. The summed E-state index contributed by atoms with van der Waals surface area (Å²) in [5.41, 5.74) is 0. The molecular formula is C10H14Cl2N2O2S2. The minimum Gasteiger partial charge on any atom is -0.242 e. The lowest BCUT2D eigenvalue weighted by molar-refractivity contribution is 0.570. The topological polar surface area (TPSA) is 59.1 Å². The number of sulfonamides is 1. The number of thioether (sulfide) groups is 1. The van der Waals surface area contributed by atoms with Gasteiger partial charge in [0.15, 0.2) is 0 Å². The van der Waals surface area contributed by atoms with Crippen molar-refractivity contribution in [2.45, 2.75) is 24.8 Å². The fourth-order valence-corrected chi connectivity index (χ4v) is 3.54. The largest absolute Gasteiger partial charge is 0.242 e. The van der Waals surface area contributed by atoms with Gasteiger partial charge in [-0.3, -0.25) is 0 Å². The molecule has 1 heterocycles. The second kappa shape index (κ2) is 6.96. The van der Waals surface area contributed by atoms with Gasteiger partial charge in [-0.05, 0) is 18.7 Å². The lowest BCUT2D eigenvalue weighted by atomic mass is 10.4. The highest BCUT2D eigenvalue weighted by molar-refractivity contribution is 7.99. The fraction of sp³-hybridized carbons (Fsp3) is 0.500. The van der Waals surface area contributed by atoms with E-state index in [1.807, 2.05) is 13.8 Å². The van der Waals surface area contributed by atoms with Crippen LogP contribution >= 0.6 is 35.0 Å². The standard InChI is InChI=1S/C10H14Cl2N2O2S2/c1-3-17-6-7(2)14-18(15,16)8-4-9(11)10(12)13-5-8/h4-5,7,14H,3,6H2,1-2H3. The van der Waals surface area contributed by atoms with Crippen LogP contribution in [0.2, 0.25) is 10.2 Å². The van der Waals surface area contributed by atoms with Crippen molar-refractivity contribution in [1.29, 1.82) is 0 Å². The Kier molecular flexibility index (Phi) is 6.20. The molecule has 1 aromatic rings. The van der Waals surface area contributed by atoms with Gasteiger partial charge in [0.25, 0.3) is 0 Å². The van der Waals surface area contributed by atoms with Gasteiger partial charge in [0, 0.05) is 18.0 Å². The molecule has 0 amide bonds. The van der Waals surface area contributed by atoms with Crippen LogP contribution in [0.5, 0.6) is 0 Å². The molecule has 1 unspecified atom stereocenters. The van der Waals surface area contributed by atoms with Crippen LogP contribution < -0.4 is 4.72 Å². The third-order valence-corrected chi connectivity index (χ3v) is 5.40. The molecule has 0 saturated heterocycles. The minimum absolute atomic E-state index is 0.0187. The Morgan fingerprint density at radius 3 is 2.72 bits per heavy atom. The smallest absolute Gasteiger partial charge is 0.242 e. The molecule has 0 bridgehead atoms. The van der Waals surface area contributed by atoms with E-state index in [2.05, 4.69) is 9.71 Å². The first kappa shape index (κ1) is 16.0. The van der Waals surface area contributed by atoms with Gasteiger partial charge in [-0.1, -0.05) is 30.1 Å². The quantitative estimate of drug-likeness (QED) is 0.816. The summed E-state index contributed by atoms with van der Waals surface area (Å²) in [4.78, 5) is 3.74. The Hall–Kier alpha value is -0.0100. The van der Waals surface area contributed by atoms with Crippen LogP contribution in [-0.2, 0) is 10.0 Å². The molecule has 0 aliphatic carbocycles. The van der Waals surface area contributed by atoms with Crippen molar-refractivity contribution in [3.63, 3.8) is 0 Å². The number of nitrogens with one attached hydrogen (secondary N) is 1. The number of hydrogen-bond donors (Lipinski definition) is 1. The van der Waals surface area contributed by atoms with Gasteiger partial charge in [0.05, 0.1) is 5.02 Å². The summed E-state index contributed by atoms with van der Waals surface area (Å²) in [5.74, 6) is 1.66. The average molecular weight is 329 g/mol. The van der Waals surface area contributed by atoms with Crippen LogP contribution in [0.25, 0.3) is 0 Å². The molecule has 4 nitrogen and oxygen atoms in total. The molecule has 102 valence electrons. The van der Waals surface area contributed by atoms with Crippen molar-refractivity contribution < 1.29 is 8.42 Å². The zero-order valence-corrected chi connectivity index (χ0v) is 13.1. The van der Waals surface area contributed by atoms with Crippen LogP contribution in [0.15, 0.2) is 17.2 Å².